The molecule has 0 aliphatic heterocycles. The lowest BCUT2D eigenvalue weighted by molar-refractivity contribution is 1.12. The second-order valence-corrected chi connectivity index (χ2v) is 14.4. The summed E-state index contributed by atoms with van der Waals surface area (Å²) in [7, 11) is 0. The van der Waals surface area contributed by atoms with Crippen LogP contribution < -0.4 is 0 Å². The van der Waals surface area contributed by atoms with E-state index in [-0.39, 0.29) is 0 Å². The molecular formula is C52H34N4. The Balaban J connectivity index is 1.37. The van der Waals surface area contributed by atoms with Crippen LogP contribution in [0.15, 0.2) is 170 Å². The second-order valence-electron chi connectivity index (χ2n) is 14.4. The van der Waals surface area contributed by atoms with Gasteiger partial charge in [-0.1, -0.05) is 127 Å². The third kappa shape index (κ3) is 5.05. The molecule has 56 heavy (non-hydrogen) atoms. The van der Waals surface area contributed by atoms with E-state index < -0.39 is 0 Å². The van der Waals surface area contributed by atoms with Gasteiger partial charge in [0.25, 0.3) is 0 Å². The summed E-state index contributed by atoms with van der Waals surface area (Å²) in [5.74, 6) is 0. The van der Waals surface area contributed by atoms with Crippen LogP contribution in [0.25, 0.3) is 98.1 Å². The summed E-state index contributed by atoms with van der Waals surface area (Å²) in [6, 6.07) is 59.5. The van der Waals surface area contributed by atoms with Gasteiger partial charge in [-0.2, -0.15) is 0 Å². The maximum atomic E-state index is 8.31. The average Bonchev–Trinajstić information content (AvgIpc) is 3.75. The summed E-state index contributed by atoms with van der Waals surface area (Å²) in [6.07, 6.45) is 0. The van der Waals surface area contributed by atoms with Gasteiger partial charge in [-0.15, -0.1) is 0 Å². The predicted octanol–water partition coefficient (Wildman–Crippen LogP) is 14.6. The van der Waals surface area contributed by atoms with Crippen LogP contribution >= 0.6 is 0 Å². The van der Waals surface area contributed by atoms with Gasteiger partial charge < -0.3 is 9.13 Å². The third-order valence-corrected chi connectivity index (χ3v) is 11.2. The first-order chi connectivity index (χ1) is 27.5. The maximum Gasteiger partial charge on any atom is 0.184 e. The van der Waals surface area contributed by atoms with Crippen molar-refractivity contribution >= 4 is 55.0 Å². The highest BCUT2D eigenvalue weighted by atomic mass is 15.0. The number of aromatic nitrogens is 2. The Morgan fingerprint density at radius 2 is 0.929 bits per heavy atom. The quantitative estimate of drug-likeness (QED) is 0.158. The van der Waals surface area contributed by atoms with Gasteiger partial charge in [0.1, 0.15) is 0 Å². The van der Waals surface area contributed by atoms with Crippen LogP contribution in [-0.2, 0) is 0 Å². The van der Waals surface area contributed by atoms with Gasteiger partial charge in [-0.25, -0.2) is 9.69 Å². The van der Waals surface area contributed by atoms with E-state index in [0.29, 0.717) is 16.9 Å². The third-order valence-electron chi connectivity index (χ3n) is 11.2. The topological polar surface area (TPSA) is 18.6 Å². The molecule has 0 saturated carbocycles. The molecule has 10 aromatic rings. The van der Waals surface area contributed by atoms with Crippen molar-refractivity contribution in [3.05, 3.63) is 204 Å². The Bertz CT molecular complexity index is 3130. The summed E-state index contributed by atoms with van der Waals surface area (Å²) in [5, 5.41) is 4.48. The summed E-state index contributed by atoms with van der Waals surface area (Å²) >= 11 is 0. The van der Waals surface area contributed by atoms with Crippen molar-refractivity contribution in [1.82, 2.24) is 9.13 Å². The summed E-state index contributed by atoms with van der Waals surface area (Å²) in [4.78, 5) is 8.03. The molecule has 0 amide bonds. The Kier molecular flexibility index (Phi) is 7.66. The van der Waals surface area contributed by atoms with Crippen molar-refractivity contribution in [2.75, 3.05) is 0 Å². The molecule has 0 fully saturated rings. The fourth-order valence-corrected chi connectivity index (χ4v) is 8.70. The van der Waals surface area contributed by atoms with E-state index in [2.05, 4.69) is 184 Å². The molecule has 8 aromatic carbocycles. The lowest BCUT2D eigenvalue weighted by Crippen LogP contribution is -2.02. The number of benzene rings is 8. The second kappa shape index (κ2) is 13.0. The van der Waals surface area contributed by atoms with E-state index in [9.17, 15) is 0 Å². The van der Waals surface area contributed by atoms with Crippen molar-refractivity contribution in [3.8, 4) is 44.8 Å². The zero-order chi connectivity index (χ0) is 37.9. The minimum Gasteiger partial charge on any atom is -0.309 e. The minimum atomic E-state index is 0.456. The molecule has 262 valence electrons. The molecule has 0 atom stereocenters. The number of nitrogens with zero attached hydrogens (tertiary/aromatic N) is 4. The summed E-state index contributed by atoms with van der Waals surface area (Å²) in [6.45, 7) is 20.9. The molecule has 4 heteroatoms. The van der Waals surface area contributed by atoms with Crippen molar-refractivity contribution in [3.63, 3.8) is 0 Å². The van der Waals surface area contributed by atoms with Crippen LogP contribution in [0.2, 0.25) is 0 Å². The first-order valence-corrected chi connectivity index (χ1v) is 18.8. The van der Waals surface area contributed by atoms with Gasteiger partial charge in [0, 0.05) is 27.2 Å². The lowest BCUT2D eigenvalue weighted by Gasteiger charge is -2.19. The highest BCUT2D eigenvalue weighted by molar-refractivity contribution is 6.18. The van der Waals surface area contributed by atoms with E-state index in [0.717, 1.165) is 82.8 Å². The SMILES string of the molecule is [C-]#[N+]c1cccc([N+]#[C-])c1-c1cc(-n2c3ccc(-c4ccccc4)cc3c3cc(-c4ccccc4)ccc32)cc2c3ccccc3n(-c3c(C)cccc3C)c12. The predicted molar refractivity (Wildman–Crippen MR) is 233 cm³/mol. The Morgan fingerprint density at radius 1 is 0.411 bits per heavy atom. The number of hydrogen-bond donors (Lipinski definition) is 0. The van der Waals surface area contributed by atoms with Gasteiger partial charge >= 0.3 is 0 Å². The van der Waals surface area contributed by atoms with E-state index in [4.69, 9.17) is 13.1 Å². The highest BCUT2D eigenvalue weighted by Crippen LogP contribution is 2.48. The van der Waals surface area contributed by atoms with E-state index in [1.165, 1.54) is 11.1 Å². The van der Waals surface area contributed by atoms with Crippen LogP contribution in [-0.4, -0.2) is 9.13 Å². The molecule has 0 aliphatic rings. The molecule has 0 aliphatic carbocycles. The summed E-state index contributed by atoms with van der Waals surface area (Å²) < 4.78 is 4.72. The molecular weight excluding hydrogens is 681 g/mol. The Morgan fingerprint density at radius 3 is 1.50 bits per heavy atom. The first-order valence-electron chi connectivity index (χ1n) is 18.8. The van der Waals surface area contributed by atoms with Gasteiger partial charge in [0.05, 0.1) is 40.9 Å². The number of para-hydroxylation sites is 2. The van der Waals surface area contributed by atoms with Crippen molar-refractivity contribution < 1.29 is 0 Å². The van der Waals surface area contributed by atoms with Gasteiger partial charge in [0.2, 0.25) is 0 Å². The lowest BCUT2D eigenvalue weighted by atomic mass is 9.97. The Hall–Kier alpha value is -7.66. The fraction of sp³-hybridized carbons (Fsp3) is 0.0385. The number of fused-ring (bicyclic) bond motifs is 6. The van der Waals surface area contributed by atoms with E-state index >= 15 is 0 Å². The van der Waals surface area contributed by atoms with Gasteiger partial charge in [-0.3, -0.25) is 0 Å². The molecule has 0 bridgehead atoms. The van der Waals surface area contributed by atoms with Crippen LogP contribution in [0.1, 0.15) is 11.1 Å². The number of rotatable bonds is 5. The molecule has 2 aromatic heterocycles. The van der Waals surface area contributed by atoms with Gasteiger partial charge in [0.15, 0.2) is 11.4 Å². The molecule has 10 rings (SSSR count). The largest absolute Gasteiger partial charge is 0.309 e. The molecule has 0 N–H and O–H groups in total. The average molecular weight is 715 g/mol. The molecule has 0 spiro atoms. The van der Waals surface area contributed by atoms with Crippen LogP contribution in [0.4, 0.5) is 11.4 Å². The normalized spacial score (nSPS) is 11.4. The van der Waals surface area contributed by atoms with Crippen molar-refractivity contribution in [2.24, 2.45) is 0 Å². The maximum absolute atomic E-state index is 8.31. The summed E-state index contributed by atoms with van der Waals surface area (Å²) in [5.41, 5.74) is 15.6. The van der Waals surface area contributed by atoms with E-state index in [1.807, 2.05) is 18.2 Å². The first kappa shape index (κ1) is 32.9. The zero-order valence-corrected chi connectivity index (χ0v) is 31.0. The standard InChI is InChI=1S/C52H34N4/c1-33-15-13-16-34(2)51(33)56-47-24-12-11-21-40(47)43-31-39(32-44(52(43)56)50-45(53-3)22-14-23-46(50)54-4)55-48-27-25-37(35-17-7-5-8-18-35)29-41(48)42-30-38(26-28-49(42)55)36-19-9-6-10-20-36/h5-32H,1-2H3. The fourth-order valence-electron chi connectivity index (χ4n) is 8.70. The van der Waals surface area contributed by atoms with Crippen molar-refractivity contribution in [2.45, 2.75) is 13.8 Å². The molecule has 0 unspecified atom stereocenters. The monoisotopic (exact) mass is 714 g/mol. The number of aryl methyl sites for hydroxylation is 2. The highest BCUT2D eigenvalue weighted by Gasteiger charge is 2.24. The molecule has 0 radical (unpaired) electrons. The number of hydrogen-bond acceptors (Lipinski definition) is 0. The molecule has 0 saturated heterocycles. The van der Waals surface area contributed by atoms with Crippen molar-refractivity contribution in [1.29, 1.82) is 0 Å². The minimum absolute atomic E-state index is 0.456. The smallest absolute Gasteiger partial charge is 0.184 e. The molecule has 4 nitrogen and oxygen atoms in total. The molecule has 2 heterocycles. The Labute approximate surface area is 325 Å². The van der Waals surface area contributed by atoms with E-state index in [1.54, 1.807) is 0 Å². The van der Waals surface area contributed by atoms with Gasteiger partial charge in [-0.05, 0) is 101 Å². The van der Waals surface area contributed by atoms with Crippen LogP contribution in [0, 0.1) is 27.0 Å². The zero-order valence-electron chi connectivity index (χ0n) is 31.0. The van der Waals surface area contributed by atoms with Crippen LogP contribution in [0.5, 0.6) is 0 Å². The van der Waals surface area contributed by atoms with Crippen LogP contribution in [0.3, 0.4) is 0 Å².